The lowest BCUT2D eigenvalue weighted by molar-refractivity contribution is -0.143. The quantitative estimate of drug-likeness (QED) is 0.390. The molecule has 3 rings (SSSR count). The average Bonchev–Trinajstić information content (AvgIpc) is 3.19. The molecule has 0 saturated carbocycles. The maximum Gasteiger partial charge on any atom is 0.417 e. The fourth-order valence-corrected chi connectivity index (χ4v) is 3.76. The molecule has 0 atom stereocenters. The highest BCUT2D eigenvalue weighted by Gasteiger charge is 2.28. The zero-order valence-corrected chi connectivity index (χ0v) is 21.5. The van der Waals surface area contributed by atoms with Crippen molar-refractivity contribution in [2.24, 2.45) is 0 Å². The Morgan fingerprint density at radius 1 is 1.20 bits per heavy atom. The van der Waals surface area contributed by atoms with Crippen molar-refractivity contribution >= 4 is 35.0 Å². The molecule has 1 aliphatic rings. The third-order valence-electron chi connectivity index (χ3n) is 5.46. The van der Waals surface area contributed by atoms with Gasteiger partial charge in [-0.25, -0.2) is 14.7 Å². The Kier molecular flexibility index (Phi) is 9.25. The second-order valence-electron chi connectivity index (χ2n) is 9.59. The standard InChI is InChI=1S/C24H38N6O5/c1-6-8-9-12-30(23(32)35-24(3,4)5)22-27-20(26-17-10-13-33-14-11-17)19-21(28-22)29(16-25-19)15-18(31)34-7-2/h16-17H,6-15H2,1-5H3,(H,26,27,28). The summed E-state index contributed by atoms with van der Waals surface area (Å²) in [6.45, 7) is 11.3. The molecule has 3 heterocycles. The predicted molar refractivity (Wildman–Crippen MR) is 133 cm³/mol. The van der Waals surface area contributed by atoms with Crippen molar-refractivity contribution in [3.05, 3.63) is 6.33 Å². The molecule has 194 valence electrons. The van der Waals surface area contributed by atoms with Gasteiger partial charge >= 0.3 is 12.1 Å². The Bertz CT molecular complexity index is 996. The van der Waals surface area contributed by atoms with Crippen LogP contribution in [0.1, 0.15) is 66.7 Å². The third kappa shape index (κ3) is 7.51. The van der Waals surface area contributed by atoms with E-state index >= 15 is 0 Å². The van der Waals surface area contributed by atoms with Crippen LogP contribution in [0.3, 0.4) is 0 Å². The van der Waals surface area contributed by atoms with E-state index in [1.165, 1.54) is 4.90 Å². The van der Waals surface area contributed by atoms with Crippen molar-refractivity contribution in [3.63, 3.8) is 0 Å². The van der Waals surface area contributed by atoms with Gasteiger partial charge in [-0.1, -0.05) is 19.8 Å². The van der Waals surface area contributed by atoms with Crippen LogP contribution >= 0.6 is 0 Å². The summed E-state index contributed by atoms with van der Waals surface area (Å²) >= 11 is 0. The number of nitrogens with one attached hydrogen (secondary N) is 1. The van der Waals surface area contributed by atoms with Gasteiger partial charge in [0.05, 0.1) is 12.9 Å². The van der Waals surface area contributed by atoms with Crippen molar-refractivity contribution in [1.29, 1.82) is 0 Å². The zero-order valence-electron chi connectivity index (χ0n) is 21.5. The fraction of sp³-hybridized carbons (Fsp3) is 0.708. The number of fused-ring (bicyclic) bond motifs is 1. The van der Waals surface area contributed by atoms with Gasteiger partial charge in [-0.3, -0.25) is 4.79 Å². The van der Waals surface area contributed by atoms with Crippen molar-refractivity contribution < 1.29 is 23.8 Å². The van der Waals surface area contributed by atoms with Crippen LogP contribution in [0.4, 0.5) is 16.6 Å². The smallest absolute Gasteiger partial charge is 0.417 e. The van der Waals surface area contributed by atoms with Crippen LogP contribution in [0.5, 0.6) is 0 Å². The van der Waals surface area contributed by atoms with Crippen LogP contribution < -0.4 is 10.2 Å². The first kappa shape index (κ1) is 26.7. The summed E-state index contributed by atoms with van der Waals surface area (Å²) in [6.07, 6.45) is 5.43. The summed E-state index contributed by atoms with van der Waals surface area (Å²) in [4.78, 5) is 40.7. The number of aromatic nitrogens is 4. The Labute approximate surface area is 206 Å². The highest BCUT2D eigenvalue weighted by molar-refractivity contribution is 5.90. The Hall–Kier alpha value is -2.95. The van der Waals surface area contributed by atoms with E-state index in [9.17, 15) is 9.59 Å². The molecule has 1 aliphatic heterocycles. The molecule has 11 heteroatoms. The van der Waals surface area contributed by atoms with E-state index in [0.717, 1.165) is 32.1 Å². The number of anilines is 2. The molecule has 11 nitrogen and oxygen atoms in total. The van der Waals surface area contributed by atoms with E-state index in [0.29, 0.717) is 36.7 Å². The van der Waals surface area contributed by atoms with Crippen LogP contribution in [-0.2, 0) is 25.5 Å². The Morgan fingerprint density at radius 3 is 2.60 bits per heavy atom. The number of carbonyl (C=O) groups excluding carboxylic acids is 2. The largest absolute Gasteiger partial charge is 0.465 e. The molecule has 1 amide bonds. The van der Waals surface area contributed by atoms with Gasteiger partial charge in [-0.15, -0.1) is 0 Å². The number of amides is 1. The van der Waals surface area contributed by atoms with Gasteiger partial charge in [0.1, 0.15) is 12.1 Å². The number of unbranched alkanes of at least 4 members (excludes halogenated alkanes) is 2. The minimum atomic E-state index is -0.668. The predicted octanol–water partition coefficient (Wildman–Crippen LogP) is 3.91. The summed E-state index contributed by atoms with van der Waals surface area (Å²) in [7, 11) is 0. The van der Waals surface area contributed by atoms with Crippen molar-refractivity contribution in [2.45, 2.75) is 84.9 Å². The monoisotopic (exact) mass is 490 g/mol. The molecule has 2 aromatic rings. The van der Waals surface area contributed by atoms with E-state index < -0.39 is 17.7 Å². The number of imidazole rings is 1. The van der Waals surface area contributed by atoms with Gasteiger partial charge in [-0.05, 0) is 47.0 Å². The maximum atomic E-state index is 13.2. The summed E-state index contributed by atoms with van der Waals surface area (Å²) in [6, 6.07) is 0.153. The molecule has 35 heavy (non-hydrogen) atoms. The lowest BCUT2D eigenvalue weighted by Gasteiger charge is -2.27. The van der Waals surface area contributed by atoms with Crippen LogP contribution in [0, 0.1) is 0 Å². The first-order valence-corrected chi connectivity index (χ1v) is 12.4. The summed E-state index contributed by atoms with van der Waals surface area (Å²) in [5, 5.41) is 3.46. The van der Waals surface area contributed by atoms with Crippen LogP contribution in [0.25, 0.3) is 11.2 Å². The molecule has 1 fully saturated rings. The number of esters is 1. The molecule has 1 N–H and O–H groups in total. The molecule has 0 radical (unpaired) electrons. The number of carbonyl (C=O) groups is 2. The number of hydrogen-bond acceptors (Lipinski definition) is 9. The molecule has 0 aromatic carbocycles. The zero-order chi connectivity index (χ0) is 25.4. The lowest BCUT2D eigenvalue weighted by Crippen LogP contribution is -2.39. The van der Waals surface area contributed by atoms with Crippen LogP contribution in [-0.4, -0.2) is 69.6 Å². The summed E-state index contributed by atoms with van der Waals surface area (Å²) in [5.74, 6) is 0.337. The molecule has 2 aromatic heterocycles. The molecule has 0 unspecified atom stereocenters. The number of hydrogen-bond donors (Lipinski definition) is 1. The van der Waals surface area contributed by atoms with Gasteiger partial charge in [0.15, 0.2) is 17.0 Å². The van der Waals surface area contributed by atoms with E-state index in [1.54, 1.807) is 17.8 Å². The normalized spacial score (nSPS) is 14.7. The molecule has 0 spiro atoms. The highest BCUT2D eigenvalue weighted by Crippen LogP contribution is 2.26. The molecule has 0 bridgehead atoms. The van der Waals surface area contributed by atoms with Crippen molar-refractivity contribution in [1.82, 2.24) is 19.5 Å². The van der Waals surface area contributed by atoms with E-state index in [-0.39, 0.29) is 25.1 Å². The first-order chi connectivity index (χ1) is 16.7. The van der Waals surface area contributed by atoms with E-state index in [1.807, 2.05) is 20.8 Å². The second-order valence-corrected chi connectivity index (χ2v) is 9.59. The van der Waals surface area contributed by atoms with E-state index in [2.05, 4.69) is 22.2 Å². The van der Waals surface area contributed by atoms with Gasteiger partial charge in [0, 0.05) is 25.8 Å². The van der Waals surface area contributed by atoms with Gasteiger partial charge in [-0.2, -0.15) is 9.97 Å². The second kappa shape index (κ2) is 12.1. The molecule has 1 saturated heterocycles. The minimum Gasteiger partial charge on any atom is -0.465 e. The van der Waals surface area contributed by atoms with E-state index in [4.69, 9.17) is 19.2 Å². The third-order valence-corrected chi connectivity index (χ3v) is 5.46. The molecule has 0 aliphatic carbocycles. The molecular formula is C24H38N6O5. The van der Waals surface area contributed by atoms with Crippen molar-refractivity contribution in [3.8, 4) is 0 Å². The van der Waals surface area contributed by atoms with Crippen LogP contribution in [0.15, 0.2) is 6.33 Å². The van der Waals surface area contributed by atoms with Gasteiger partial charge in [0.25, 0.3) is 0 Å². The number of nitrogens with zero attached hydrogens (tertiary/aromatic N) is 5. The molecular weight excluding hydrogens is 452 g/mol. The van der Waals surface area contributed by atoms with Crippen molar-refractivity contribution in [2.75, 3.05) is 36.6 Å². The fourth-order valence-electron chi connectivity index (χ4n) is 3.76. The summed E-state index contributed by atoms with van der Waals surface area (Å²) < 4.78 is 17.9. The number of rotatable bonds is 10. The number of ether oxygens (including phenoxy) is 3. The minimum absolute atomic E-state index is 0.0419. The maximum absolute atomic E-state index is 13.2. The summed E-state index contributed by atoms with van der Waals surface area (Å²) in [5.41, 5.74) is 0.308. The Morgan fingerprint density at radius 2 is 1.94 bits per heavy atom. The van der Waals surface area contributed by atoms with Crippen LogP contribution in [0.2, 0.25) is 0 Å². The Balaban J connectivity index is 2.03. The van der Waals surface area contributed by atoms with Gasteiger partial charge < -0.3 is 24.1 Å². The average molecular weight is 491 g/mol. The topological polar surface area (TPSA) is 121 Å². The van der Waals surface area contributed by atoms with Gasteiger partial charge in [0.2, 0.25) is 5.95 Å². The lowest BCUT2D eigenvalue weighted by atomic mass is 10.1. The SMILES string of the molecule is CCCCCN(C(=O)OC(C)(C)C)c1nc(NC2CCOCC2)c2ncn(CC(=O)OCC)c2n1. The first-order valence-electron chi connectivity index (χ1n) is 12.4. The highest BCUT2D eigenvalue weighted by atomic mass is 16.6.